The van der Waals surface area contributed by atoms with E-state index < -0.39 is 5.54 Å². The standard InChI is InChI=1S/C18H28N6O2/c1-20-17-11-18(19,13-22-23-17)16-10-14(15(25-2)12-21-16)26-9-5-8-24-6-3-4-7-24/h10,12-13H,3-9,11,19H2,1-2H3,(H,20,23). The Balaban J connectivity index is 1.67. The molecule has 1 fully saturated rings. The predicted octanol–water partition coefficient (Wildman–Crippen LogP) is 1.12. The van der Waals surface area contributed by atoms with Crippen LogP contribution in [-0.2, 0) is 5.54 Å². The van der Waals surface area contributed by atoms with Gasteiger partial charge in [-0.25, -0.2) is 0 Å². The number of aromatic nitrogens is 1. The van der Waals surface area contributed by atoms with Crippen LogP contribution in [0, 0.1) is 0 Å². The maximum atomic E-state index is 6.51. The average molecular weight is 360 g/mol. The summed E-state index contributed by atoms with van der Waals surface area (Å²) in [6.45, 7) is 4.10. The third-order valence-electron chi connectivity index (χ3n) is 4.82. The van der Waals surface area contributed by atoms with E-state index in [1.54, 1.807) is 26.6 Å². The Bertz CT molecular complexity index is 672. The summed E-state index contributed by atoms with van der Waals surface area (Å²) in [5, 5.41) is 4.10. The number of hydrazone groups is 1. The molecular formula is C18H28N6O2. The molecule has 26 heavy (non-hydrogen) atoms. The maximum Gasteiger partial charge on any atom is 0.179 e. The molecule has 1 atom stereocenters. The van der Waals surface area contributed by atoms with Crippen LogP contribution in [0.4, 0.5) is 0 Å². The topological polar surface area (TPSA) is 97.4 Å². The first-order valence-electron chi connectivity index (χ1n) is 9.09. The number of ether oxygens (including phenoxy) is 2. The zero-order valence-electron chi connectivity index (χ0n) is 15.6. The fourth-order valence-corrected chi connectivity index (χ4v) is 3.29. The average Bonchev–Trinajstić information content (AvgIpc) is 3.18. The molecule has 3 N–H and O–H groups in total. The van der Waals surface area contributed by atoms with E-state index in [2.05, 4.69) is 25.4 Å². The van der Waals surface area contributed by atoms with E-state index in [4.69, 9.17) is 15.2 Å². The Labute approximate surface area is 154 Å². The van der Waals surface area contributed by atoms with Gasteiger partial charge in [0.15, 0.2) is 11.5 Å². The molecule has 0 amide bonds. The number of amidine groups is 1. The van der Waals surface area contributed by atoms with Crippen LogP contribution in [0.2, 0.25) is 0 Å². The van der Waals surface area contributed by atoms with Crippen molar-refractivity contribution in [2.24, 2.45) is 15.8 Å². The molecule has 2 aliphatic rings. The maximum absolute atomic E-state index is 6.51. The second kappa shape index (κ2) is 8.46. The van der Waals surface area contributed by atoms with E-state index in [9.17, 15) is 0 Å². The first-order valence-corrected chi connectivity index (χ1v) is 9.09. The molecule has 3 heterocycles. The van der Waals surface area contributed by atoms with Crippen molar-refractivity contribution in [1.82, 2.24) is 15.3 Å². The van der Waals surface area contributed by atoms with Crippen molar-refractivity contribution < 1.29 is 9.47 Å². The predicted molar refractivity (Wildman–Crippen MR) is 102 cm³/mol. The van der Waals surface area contributed by atoms with Gasteiger partial charge in [0.05, 0.1) is 31.8 Å². The lowest BCUT2D eigenvalue weighted by Gasteiger charge is -2.28. The molecular weight excluding hydrogens is 332 g/mol. The summed E-state index contributed by atoms with van der Waals surface area (Å²) < 4.78 is 11.4. The molecule has 0 radical (unpaired) electrons. The van der Waals surface area contributed by atoms with Crippen LogP contribution in [0.3, 0.4) is 0 Å². The number of hydrogen-bond acceptors (Lipinski definition) is 7. The number of pyridine rings is 1. The van der Waals surface area contributed by atoms with Gasteiger partial charge in [-0.05, 0) is 32.4 Å². The van der Waals surface area contributed by atoms with Crippen molar-refractivity contribution in [3.05, 3.63) is 18.0 Å². The Kier molecular flexibility index (Phi) is 6.05. The number of rotatable bonds is 7. The minimum atomic E-state index is -0.819. The van der Waals surface area contributed by atoms with Gasteiger partial charge in [0.25, 0.3) is 0 Å². The molecule has 142 valence electrons. The highest BCUT2D eigenvalue weighted by atomic mass is 16.5. The van der Waals surface area contributed by atoms with Gasteiger partial charge in [0.2, 0.25) is 0 Å². The van der Waals surface area contributed by atoms with Crippen molar-refractivity contribution in [3.8, 4) is 11.5 Å². The van der Waals surface area contributed by atoms with Gasteiger partial charge in [-0.15, -0.1) is 0 Å². The van der Waals surface area contributed by atoms with E-state index in [0.29, 0.717) is 30.2 Å². The van der Waals surface area contributed by atoms with Crippen LogP contribution < -0.4 is 20.6 Å². The number of aliphatic imine (C=N–C) groups is 1. The first kappa shape index (κ1) is 18.6. The summed E-state index contributed by atoms with van der Waals surface area (Å²) in [7, 11) is 3.32. The van der Waals surface area contributed by atoms with Gasteiger partial charge in [0.1, 0.15) is 11.4 Å². The van der Waals surface area contributed by atoms with Gasteiger partial charge in [0, 0.05) is 26.1 Å². The number of nitrogens with zero attached hydrogens (tertiary/aromatic N) is 4. The van der Waals surface area contributed by atoms with Crippen LogP contribution >= 0.6 is 0 Å². The number of methoxy groups -OCH3 is 1. The molecule has 1 aromatic rings. The highest BCUT2D eigenvalue weighted by Crippen LogP contribution is 2.31. The summed E-state index contributed by atoms with van der Waals surface area (Å²) in [4.78, 5) is 11.1. The van der Waals surface area contributed by atoms with Gasteiger partial charge in [-0.2, -0.15) is 5.10 Å². The van der Waals surface area contributed by atoms with E-state index in [1.807, 2.05) is 6.07 Å². The van der Waals surface area contributed by atoms with Crippen molar-refractivity contribution in [3.63, 3.8) is 0 Å². The van der Waals surface area contributed by atoms with Crippen LogP contribution in [0.1, 0.15) is 31.4 Å². The van der Waals surface area contributed by atoms with Gasteiger partial charge >= 0.3 is 0 Å². The van der Waals surface area contributed by atoms with Crippen molar-refractivity contribution in [2.45, 2.75) is 31.2 Å². The number of likely N-dealkylation sites (tertiary alicyclic amines) is 1. The Hall–Kier alpha value is -2.19. The summed E-state index contributed by atoms with van der Waals surface area (Å²) >= 11 is 0. The second-order valence-electron chi connectivity index (χ2n) is 6.73. The normalized spacial score (nSPS) is 24.7. The Morgan fingerprint density at radius 2 is 2.15 bits per heavy atom. The van der Waals surface area contributed by atoms with Gasteiger partial charge in [-0.3, -0.25) is 15.4 Å². The third-order valence-corrected chi connectivity index (χ3v) is 4.82. The first-order chi connectivity index (χ1) is 12.6. The minimum Gasteiger partial charge on any atom is -0.491 e. The van der Waals surface area contributed by atoms with E-state index in [-0.39, 0.29) is 0 Å². The molecule has 1 unspecified atom stereocenters. The van der Waals surface area contributed by atoms with Crippen molar-refractivity contribution in [1.29, 1.82) is 0 Å². The molecule has 3 rings (SSSR count). The lowest BCUT2D eigenvalue weighted by Crippen LogP contribution is -2.47. The summed E-state index contributed by atoms with van der Waals surface area (Å²) in [5.74, 6) is 1.99. The zero-order valence-corrected chi connectivity index (χ0v) is 15.6. The quantitative estimate of drug-likeness (QED) is 0.707. The molecule has 1 aromatic heterocycles. The summed E-state index contributed by atoms with van der Waals surface area (Å²) in [6.07, 6.45) is 7.40. The SMILES string of the molecule is CN=C1CC(N)(c2cc(OCCCN3CCCC3)c(OC)cn2)C=NN1. The second-order valence-corrected chi connectivity index (χ2v) is 6.73. The molecule has 0 spiro atoms. The van der Waals surface area contributed by atoms with Crippen LogP contribution in [-0.4, -0.2) is 62.3 Å². The third kappa shape index (κ3) is 4.31. The molecule has 8 nitrogen and oxygen atoms in total. The lowest BCUT2D eigenvalue weighted by atomic mass is 9.91. The van der Waals surface area contributed by atoms with Crippen LogP contribution in [0.25, 0.3) is 0 Å². The summed E-state index contributed by atoms with van der Waals surface area (Å²) in [5.41, 5.74) is 9.22. The minimum absolute atomic E-state index is 0.501. The highest BCUT2D eigenvalue weighted by molar-refractivity contribution is 5.91. The Morgan fingerprint density at radius 3 is 2.88 bits per heavy atom. The fourth-order valence-electron chi connectivity index (χ4n) is 3.29. The van der Waals surface area contributed by atoms with Crippen LogP contribution in [0.5, 0.6) is 11.5 Å². The summed E-state index contributed by atoms with van der Waals surface area (Å²) in [6, 6.07) is 1.85. The zero-order chi connectivity index (χ0) is 18.4. The molecule has 0 bridgehead atoms. The largest absolute Gasteiger partial charge is 0.491 e. The molecule has 2 aliphatic heterocycles. The number of nitrogens with one attached hydrogen (secondary N) is 1. The molecule has 8 heteroatoms. The Morgan fingerprint density at radius 1 is 1.35 bits per heavy atom. The van der Waals surface area contributed by atoms with Crippen molar-refractivity contribution in [2.75, 3.05) is 40.4 Å². The molecule has 0 aromatic carbocycles. The van der Waals surface area contributed by atoms with Gasteiger partial charge < -0.3 is 20.1 Å². The smallest absolute Gasteiger partial charge is 0.179 e. The molecule has 1 saturated heterocycles. The molecule has 0 aliphatic carbocycles. The van der Waals surface area contributed by atoms with E-state index >= 15 is 0 Å². The number of nitrogens with two attached hydrogens (primary N) is 1. The van der Waals surface area contributed by atoms with Crippen molar-refractivity contribution >= 4 is 12.1 Å². The monoisotopic (exact) mass is 360 g/mol. The number of hydrogen-bond donors (Lipinski definition) is 2. The lowest BCUT2D eigenvalue weighted by molar-refractivity contribution is 0.253. The molecule has 0 saturated carbocycles. The van der Waals surface area contributed by atoms with E-state index in [1.165, 1.54) is 25.9 Å². The van der Waals surface area contributed by atoms with E-state index in [0.717, 1.165) is 18.8 Å². The fraction of sp³-hybridized carbons (Fsp3) is 0.611. The van der Waals surface area contributed by atoms with Gasteiger partial charge in [-0.1, -0.05) is 0 Å². The highest BCUT2D eigenvalue weighted by Gasteiger charge is 2.32. The van der Waals surface area contributed by atoms with Crippen LogP contribution in [0.15, 0.2) is 22.4 Å².